The molecule has 9 rings (SSSR count). The molecule has 0 amide bonds. The van der Waals surface area contributed by atoms with Crippen molar-refractivity contribution in [3.63, 3.8) is 0 Å². The molecule has 4 aromatic rings. The Morgan fingerprint density at radius 1 is 0.301 bits per heavy atom. The first kappa shape index (κ1) is 52.9. The van der Waals surface area contributed by atoms with E-state index in [1.165, 1.54) is 76.2 Å². The zero-order valence-corrected chi connectivity index (χ0v) is 44.5. The third-order valence-electron chi connectivity index (χ3n) is 13.2. The number of rotatable bonds is 8. The third kappa shape index (κ3) is 9.24. The van der Waals surface area contributed by atoms with Gasteiger partial charge in [0, 0.05) is 39.4 Å². The molecule has 4 N–H and O–H groups in total. The van der Waals surface area contributed by atoms with Gasteiger partial charge in [0.1, 0.15) is 0 Å². The van der Waals surface area contributed by atoms with E-state index in [-0.39, 0.29) is 105 Å². The zero-order valence-electron chi connectivity index (χ0n) is 40.1. The Hall–Kier alpha value is -6.36. The molecular weight excluding hydrogens is 1060 g/mol. The van der Waals surface area contributed by atoms with E-state index in [2.05, 4.69) is 0 Å². The summed E-state index contributed by atoms with van der Waals surface area (Å²) in [7, 11) is -19.1. The molecule has 21 heteroatoms. The van der Waals surface area contributed by atoms with Crippen molar-refractivity contribution < 1.29 is 69.0 Å². The second-order valence-electron chi connectivity index (χ2n) is 17.8. The van der Waals surface area contributed by atoms with Gasteiger partial charge in [0.25, 0.3) is 40.5 Å². The average Bonchev–Trinajstić information content (AvgIpc) is 4.11. The van der Waals surface area contributed by atoms with Gasteiger partial charge in [0.15, 0.2) is 0 Å². The molecule has 0 fully saturated rings. The predicted molar refractivity (Wildman–Crippen MR) is 277 cm³/mol. The van der Waals surface area contributed by atoms with Crippen LogP contribution in [0.25, 0.3) is 22.3 Å². The van der Waals surface area contributed by atoms with E-state index in [0.717, 1.165) is 0 Å². The summed E-state index contributed by atoms with van der Waals surface area (Å²) in [5.41, 5.74) is 7.63. The van der Waals surface area contributed by atoms with Gasteiger partial charge in [-0.3, -0.25) is 18.2 Å². The summed E-state index contributed by atoms with van der Waals surface area (Å²) in [6.45, 7) is 13.1. The van der Waals surface area contributed by atoms with Crippen LogP contribution >= 0.6 is 0 Å². The van der Waals surface area contributed by atoms with Crippen molar-refractivity contribution in [2.75, 3.05) is 0 Å². The Morgan fingerprint density at radius 2 is 0.479 bits per heavy atom. The molecule has 1 radical (unpaired) electrons. The van der Waals surface area contributed by atoms with Crippen LogP contribution in [0.2, 0.25) is 0 Å². The molecule has 0 aromatic heterocycles. The predicted octanol–water partition coefficient (Wildman–Crippen LogP) is 9.14. The van der Waals surface area contributed by atoms with Crippen LogP contribution < -0.4 is 0 Å². The van der Waals surface area contributed by atoms with Gasteiger partial charge in [-0.25, -0.2) is 20.0 Å². The maximum atomic E-state index is 12.9. The Morgan fingerprint density at radius 3 is 0.644 bits per heavy atom. The van der Waals surface area contributed by atoms with Crippen molar-refractivity contribution >= 4 is 85.6 Å². The number of fused-ring (bicyclic) bond motifs is 4. The number of aryl methyl sites for hydroxylation is 4. The van der Waals surface area contributed by atoms with Gasteiger partial charge in [0.05, 0.1) is 65.2 Å². The number of allylic oxidation sites excluding steroid dienone is 12. The Balaban J connectivity index is 0.00000711. The SMILES string of the molecule is Cc1ccc(S(=O)(=O)O)c(C)c1C1=C2C=CC(=N2)C(c2c(C)ccc(S(=O)(=O)O)c2C)=C2C=CC(=N2)C(c2c(C)ccc(S(=O)(=O)O)c2C)=C2C=CC(=N2)C(c2c(C)ccc(S(=O)(=O)O)c2C)=C2C=CC1=N2.[Mn]. The number of aliphatic imine (C=N–C) groups is 4. The molecule has 8 bridgehead atoms. The molecule has 0 unspecified atom stereocenters. The minimum absolute atomic E-state index is 0. The first-order valence-electron chi connectivity index (χ1n) is 22.0. The van der Waals surface area contributed by atoms with Crippen molar-refractivity contribution in [1.82, 2.24) is 0 Å². The van der Waals surface area contributed by atoms with Crippen LogP contribution in [0.4, 0.5) is 0 Å². The normalized spacial score (nSPS) is 16.7. The maximum absolute atomic E-state index is 12.9. The molecule has 73 heavy (non-hydrogen) atoms. The van der Waals surface area contributed by atoms with Crippen LogP contribution in [0.5, 0.6) is 0 Å². The molecule has 375 valence electrons. The summed E-state index contributed by atoms with van der Waals surface area (Å²) in [4.78, 5) is 19.2. The maximum Gasteiger partial charge on any atom is 0.294 e. The van der Waals surface area contributed by atoms with Gasteiger partial charge in [-0.15, -0.1) is 0 Å². The fourth-order valence-electron chi connectivity index (χ4n) is 10.1. The van der Waals surface area contributed by atoms with E-state index in [1.54, 1.807) is 76.3 Å². The van der Waals surface area contributed by atoms with Gasteiger partial charge < -0.3 is 0 Å². The van der Waals surface area contributed by atoms with Crippen molar-refractivity contribution in [3.8, 4) is 0 Å². The van der Waals surface area contributed by atoms with Crippen molar-refractivity contribution in [1.29, 1.82) is 0 Å². The third-order valence-corrected chi connectivity index (χ3v) is 17.2. The minimum Gasteiger partial charge on any atom is -0.282 e. The molecular formula is C52H44MnN4O12S4. The summed E-state index contributed by atoms with van der Waals surface area (Å²) in [5, 5.41) is 0. The standard InChI is InChI=1S/C52H44N4O12S4.Mn/c1-25-9-21-41(69(57,58)59)29(5)45(25)49-33-13-15-35(53-33)50(46-26(2)10-22-42(30(46)6)70(60,61)62)37-17-19-39(55-37)52(48-28(4)12-24-44(32(48)8)72(66,67)68)40-20-18-38(56-40)51(36-16-14-34(49)54-36)47-27(3)11-23-43(31(47)7)71(63,64)65;/h9-24H,1-8H3,(H,57,58,59)(H,60,61,62)(H,63,64,65)(H,66,67,68);. The summed E-state index contributed by atoms with van der Waals surface area (Å²) < 4.78 is 145. The van der Waals surface area contributed by atoms with Crippen LogP contribution in [-0.4, -0.2) is 74.7 Å². The first-order chi connectivity index (χ1) is 33.6. The topological polar surface area (TPSA) is 267 Å². The van der Waals surface area contributed by atoms with E-state index in [0.29, 0.717) is 66.8 Å². The minimum atomic E-state index is -4.77. The molecule has 5 aliphatic rings. The van der Waals surface area contributed by atoms with Gasteiger partial charge >= 0.3 is 0 Å². The second-order valence-corrected chi connectivity index (χ2v) is 23.3. The van der Waals surface area contributed by atoms with Crippen LogP contribution in [0.1, 0.15) is 66.8 Å². The van der Waals surface area contributed by atoms with Crippen LogP contribution in [-0.2, 0) is 57.5 Å². The van der Waals surface area contributed by atoms with Gasteiger partial charge in [-0.1, -0.05) is 24.3 Å². The summed E-state index contributed by atoms with van der Waals surface area (Å²) in [6, 6.07) is 11.3. The number of benzene rings is 4. The fraction of sp³-hybridized carbons (Fsp3) is 0.154. The van der Waals surface area contributed by atoms with Crippen LogP contribution in [0.15, 0.2) is 159 Å². The first-order valence-corrected chi connectivity index (χ1v) is 27.7. The van der Waals surface area contributed by atoms with Crippen LogP contribution in [0, 0.1) is 55.4 Å². The Bertz CT molecular complexity index is 3610. The molecule has 0 aliphatic carbocycles. The molecule has 5 aliphatic heterocycles. The molecule has 4 aromatic carbocycles. The largest absolute Gasteiger partial charge is 0.294 e. The quantitative estimate of drug-likeness (QED) is 0.0950. The number of hydrogen-bond acceptors (Lipinski definition) is 12. The molecule has 0 saturated carbocycles. The molecule has 5 heterocycles. The van der Waals surface area contributed by atoms with E-state index < -0.39 is 40.5 Å². The van der Waals surface area contributed by atoms with Gasteiger partial charge in [0.2, 0.25) is 0 Å². The number of hydrogen-bond donors (Lipinski definition) is 4. The number of nitrogens with zero attached hydrogens (tertiary/aromatic N) is 4. The van der Waals surface area contributed by atoms with Crippen molar-refractivity contribution in [3.05, 3.63) is 187 Å². The van der Waals surface area contributed by atoms with E-state index in [4.69, 9.17) is 20.0 Å². The van der Waals surface area contributed by atoms with E-state index in [1.807, 2.05) is 0 Å². The average molecular weight is 1100 g/mol. The van der Waals surface area contributed by atoms with Crippen molar-refractivity contribution in [2.45, 2.75) is 75.0 Å². The summed E-state index contributed by atoms with van der Waals surface area (Å²) >= 11 is 0. The molecule has 16 nitrogen and oxygen atoms in total. The molecule has 0 atom stereocenters. The molecule has 0 spiro atoms. The molecule has 0 saturated heterocycles. The van der Waals surface area contributed by atoms with E-state index >= 15 is 0 Å². The van der Waals surface area contributed by atoms with Gasteiger partial charge in [-0.05, 0) is 195 Å². The fourth-order valence-corrected chi connectivity index (χ4v) is 13.0. The van der Waals surface area contributed by atoms with E-state index in [9.17, 15) is 51.9 Å². The Kier molecular flexibility index (Phi) is 13.4. The summed E-state index contributed by atoms with van der Waals surface area (Å²) in [6.07, 6.45) is 13.3. The smallest absolute Gasteiger partial charge is 0.282 e. The monoisotopic (exact) mass is 1100 g/mol. The zero-order chi connectivity index (χ0) is 52.3. The Labute approximate surface area is 433 Å². The van der Waals surface area contributed by atoms with Crippen molar-refractivity contribution in [2.24, 2.45) is 20.0 Å². The summed E-state index contributed by atoms with van der Waals surface area (Å²) in [5.74, 6) is 0. The second kappa shape index (κ2) is 18.5. The van der Waals surface area contributed by atoms with Crippen LogP contribution in [0.3, 0.4) is 0 Å². The van der Waals surface area contributed by atoms with Gasteiger partial charge in [-0.2, -0.15) is 33.7 Å².